The molecule has 1 fully saturated rings. The van der Waals surface area contributed by atoms with Crippen LogP contribution < -0.4 is 10.9 Å². The fourth-order valence-corrected chi connectivity index (χ4v) is 6.78. The van der Waals surface area contributed by atoms with Crippen LogP contribution in [0.15, 0.2) is 40.2 Å². The molecule has 1 aromatic carbocycles. The van der Waals surface area contributed by atoms with Crippen LogP contribution in [0.4, 0.5) is 11.5 Å². The second kappa shape index (κ2) is 8.36. The van der Waals surface area contributed by atoms with E-state index in [1.807, 2.05) is 33.3 Å². The summed E-state index contributed by atoms with van der Waals surface area (Å²) in [5.74, 6) is 0.478. The van der Waals surface area contributed by atoms with Crippen molar-refractivity contribution in [3.63, 3.8) is 0 Å². The molecule has 1 aliphatic heterocycles. The van der Waals surface area contributed by atoms with Crippen molar-refractivity contribution >= 4 is 33.4 Å². The lowest BCUT2D eigenvalue weighted by Crippen LogP contribution is -2.38. The number of rotatable bonds is 4. The van der Waals surface area contributed by atoms with Gasteiger partial charge in [0.15, 0.2) is 5.82 Å². The molecule has 178 valence electrons. The Morgan fingerprint density at radius 1 is 1.24 bits per heavy atom. The molecular weight excluding hydrogens is 448 g/mol. The lowest BCUT2D eigenvalue weighted by atomic mass is 9.79. The Morgan fingerprint density at radius 2 is 2.00 bits per heavy atom. The molecule has 0 radical (unpaired) electrons. The van der Waals surface area contributed by atoms with Gasteiger partial charge >= 0.3 is 0 Å². The highest BCUT2D eigenvalue weighted by atomic mass is 32.2. The fraction of sp³-hybridized carbons (Fsp3) is 0.480. The van der Waals surface area contributed by atoms with Crippen molar-refractivity contribution in [3.05, 3.63) is 46.4 Å². The average Bonchev–Trinajstić information content (AvgIpc) is 3.34. The zero-order valence-electron chi connectivity index (χ0n) is 19.9. The van der Waals surface area contributed by atoms with Gasteiger partial charge in [-0.1, -0.05) is 19.3 Å². The van der Waals surface area contributed by atoms with Gasteiger partial charge < -0.3 is 10.3 Å². The van der Waals surface area contributed by atoms with E-state index in [-0.39, 0.29) is 11.1 Å². The van der Waals surface area contributed by atoms with E-state index >= 15 is 0 Å². The summed E-state index contributed by atoms with van der Waals surface area (Å²) in [6, 6.07) is 10.0. The lowest BCUT2D eigenvalue weighted by molar-refractivity contribution is 0.185. The first-order chi connectivity index (χ1) is 16.2. The first-order valence-electron chi connectivity index (χ1n) is 11.8. The van der Waals surface area contributed by atoms with E-state index in [9.17, 15) is 14.3 Å². The van der Waals surface area contributed by atoms with Crippen molar-refractivity contribution < 1.29 is 4.21 Å². The molecule has 0 amide bonds. The zero-order chi connectivity index (χ0) is 24.1. The molecule has 0 spiro atoms. The van der Waals surface area contributed by atoms with Gasteiger partial charge in [-0.25, -0.2) is 8.51 Å². The number of H-pyrrole nitrogens is 1. The normalized spacial score (nSPS) is 20.2. The van der Waals surface area contributed by atoms with Gasteiger partial charge in [0, 0.05) is 24.0 Å². The van der Waals surface area contributed by atoms with E-state index in [2.05, 4.69) is 37.1 Å². The van der Waals surface area contributed by atoms with Crippen LogP contribution in [0.1, 0.15) is 64.9 Å². The Labute approximate surface area is 201 Å². The first kappa shape index (κ1) is 22.8. The molecule has 3 heterocycles. The Balaban J connectivity index is 1.56. The van der Waals surface area contributed by atoms with Gasteiger partial charge in [0.2, 0.25) is 0 Å². The highest BCUT2D eigenvalue weighted by Gasteiger charge is 2.37. The molecule has 2 N–H and O–H groups in total. The number of hydrogen-bond donors (Lipinski definition) is 2. The molecule has 2 aromatic heterocycles. The van der Waals surface area contributed by atoms with Gasteiger partial charge in [-0.05, 0) is 63.4 Å². The van der Waals surface area contributed by atoms with Gasteiger partial charge in [0.25, 0.3) is 5.56 Å². The standard InChI is InChI=1S/C25H30N6O2S/c1-24(2,3)30-16-17-15-18(7-8-20(17)34(30)33)28-22-21-19(9-14-27-23(21)32)31(29-22)25(12-13-26)10-5-4-6-11-25/h7-9,14-15H,4-6,10-12,16H2,1-3H3,(H,27,32)(H,28,29). The van der Waals surface area contributed by atoms with E-state index in [0.29, 0.717) is 24.2 Å². The van der Waals surface area contributed by atoms with Gasteiger partial charge in [0.1, 0.15) is 16.4 Å². The third-order valence-corrected chi connectivity index (χ3v) is 8.87. The predicted molar refractivity (Wildman–Crippen MR) is 133 cm³/mol. The summed E-state index contributed by atoms with van der Waals surface area (Å²) in [5.41, 5.74) is 1.71. The summed E-state index contributed by atoms with van der Waals surface area (Å²) in [7, 11) is -1.19. The quantitative estimate of drug-likeness (QED) is 0.566. The number of aromatic amines is 1. The number of fused-ring (bicyclic) bond motifs is 2. The van der Waals surface area contributed by atoms with Crippen LogP contribution in [0, 0.1) is 11.3 Å². The van der Waals surface area contributed by atoms with Crippen molar-refractivity contribution in [3.8, 4) is 6.07 Å². The van der Waals surface area contributed by atoms with Crippen LogP contribution in [-0.4, -0.2) is 28.8 Å². The number of benzene rings is 1. The van der Waals surface area contributed by atoms with Crippen LogP contribution in [0.5, 0.6) is 0 Å². The Bertz CT molecular complexity index is 1370. The average molecular weight is 479 g/mol. The molecule has 5 rings (SSSR count). The van der Waals surface area contributed by atoms with Crippen molar-refractivity contribution in [1.82, 2.24) is 19.1 Å². The minimum atomic E-state index is -1.19. The summed E-state index contributed by atoms with van der Waals surface area (Å²) in [4.78, 5) is 16.5. The smallest absolute Gasteiger partial charge is 0.261 e. The molecule has 0 bridgehead atoms. The zero-order valence-corrected chi connectivity index (χ0v) is 20.7. The number of nitrogens with one attached hydrogen (secondary N) is 2. The van der Waals surface area contributed by atoms with Gasteiger partial charge in [-0.15, -0.1) is 0 Å². The Hall–Kier alpha value is -2.96. The monoisotopic (exact) mass is 478 g/mol. The van der Waals surface area contributed by atoms with Crippen LogP contribution in [0.2, 0.25) is 0 Å². The van der Waals surface area contributed by atoms with Crippen molar-refractivity contribution in [1.29, 1.82) is 5.26 Å². The molecule has 1 aliphatic carbocycles. The van der Waals surface area contributed by atoms with Gasteiger partial charge in [-0.3, -0.25) is 9.48 Å². The number of pyridine rings is 1. The largest absolute Gasteiger partial charge is 0.338 e. The minimum absolute atomic E-state index is 0.213. The van der Waals surface area contributed by atoms with Crippen LogP contribution >= 0.6 is 0 Å². The summed E-state index contributed by atoms with van der Waals surface area (Å²) < 4.78 is 16.8. The Morgan fingerprint density at radius 3 is 2.71 bits per heavy atom. The summed E-state index contributed by atoms with van der Waals surface area (Å²) in [5, 5.41) is 18.3. The number of nitriles is 1. The second-order valence-corrected chi connectivity index (χ2v) is 11.7. The van der Waals surface area contributed by atoms with Crippen LogP contribution in [-0.2, 0) is 23.1 Å². The summed E-state index contributed by atoms with van der Waals surface area (Å²) in [6.45, 7) is 6.78. The highest BCUT2D eigenvalue weighted by Crippen LogP contribution is 2.41. The predicted octanol–water partition coefficient (Wildman–Crippen LogP) is 4.68. The number of aromatic nitrogens is 3. The molecule has 1 unspecified atom stereocenters. The molecule has 8 nitrogen and oxygen atoms in total. The maximum absolute atomic E-state index is 12.9. The van der Waals surface area contributed by atoms with Crippen LogP contribution in [0.3, 0.4) is 0 Å². The van der Waals surface area contributed by atoms with E-state index in [0.717, 1.165) is 53.8 Å². The molecule has 0 saturated heterocycles. The van der Waals surface area contributed by atoms with E-state index in [1.165, 1.54) is 0 Å². The fourth-order valence-electron chi connectivity index (χ4n) is 5.25. The second-order valence-electron chi connectivity index (χ2n) is 10.4. The molecule has 1 atom stereocenters. The Kier molecular flexibility index (Phi) is 5.61. The number of nitrogens with zero attached hydrogens (tertiary/aromatic N) is 4. The lowest BCUT2D eigenvalue weighted by Gasteiger charge is -2.36. The maximum Gasteiger partial charge on any atom is 0.261 e. The third kappa shape index (κ3) is 3.75. The topological polar surface area (TPSA) is 107 Å². The molecule has 9 heteroatoms. The minimum Gasteiger partial charge on any atom is -0.338 e. The maximum atomic E-state index is 12.9. The molecule has 3 aromatic rings. The van der Waals surface area contributed by atoms with Crippen LogP contribution in [0.25, 0.3) is 10.9 Å². The van der Waals surface area contributed by atoms with Gasteiger partial charge in [0.05, 0.1) is 28.4 Å². The molecule has 34 heavy (non-hydrogen) atoms. The van der Waals surface area contributed by atoms with E-state index < -0.39 is 16.5 Å². The first-order valence-corrected chi connectivity index (χ1v) is 12.9. The molecule has 2 aliphatic rings. The number of anilines is 2. The SMILES string of the molecule is CC(C)(C)N1Cc2cc(Nc3nn(C4(CC#N)CCCCC4)c4cc[nH]c(=O)c34)ccc2S1=O. The summed E-state index contributed by atoms with van der Waals surface area (Å²) in [6.07, 6.45) is 6.99. The summed E-state index contributed by atoms with van der Waals surface area (Å²) >= 11 is 0. The molecular formula is C25H30N6O2S. The highest BCUT2D eigenvalue weighted by molar-refractivity contribution is 7.83. The van der Waals surface area contributed by atoms with Gasteiger partial charge in [-0.2, -0.15) is 10.4 Å². The van der Waals surface area contributed by atoms with E-state index in [4.69, 9.17) is 5.10 Å². The van der Waals surface area contributed by atoms with E-state index in [1.54, 1.807) is 6.20 Å². The van der Waals surface area contributed by atoms with Crippen molar-refractivity contribution in [2.24, 2.45) is 0 Å². The van der Waals surface area contributed by atoms with Crippen molar-refractivity contribution in [2.75, 3.05) is 5.32 Å². The third-order valence-electron chi connectivity index (χ3n) is 7.02. The van der Waals surface area contributed by atoms with Crippen molar-refractivity contribution in [2.45, 2.75) is 81.8 Å². The molecule has 1 saturated carbocycles. The number of hydrogen-bond acceptors (Lipinski definition) is 5.